The van der Waals surface area contributed by atoms with E-state index in [0.717, 1.165) is 57.3 Å². The Morgan fingerprint density at radius 3 is 2.64 bits per heavy atom. The second-order valence-electron chi connectivity index (χ2n) is 12.4. The minimum absolute atomic E-state index is 0.0614. The zero-order chi connectivity index (χ0) is 25.0. The summed E-state index contributed by atoms with van der Waals surface area (Å²) in [6.45, 7) is 3.76. The van der Waals surface area contributed by atoms with Crippen LogP contribution in [0, 0.1) is 11.8 Å². The Kier molecular flexibility index (Phi) is 7.71. The maximum atomic E-state index is 12.9. The van der Waals surface area contributed by atoms with Gasteiger partial charge in [-0.25, -0.2) is 0 Å². The Bertz CT molecular complexity index is 1020. The normalized spacial score (nSPS) is 29.9. The molecule has 0 aromatic heterocycles. The van der Waals surface area contributed by atoms with Gasteiger partial charge in [0.25, 0.3) is 0 Å². The molecule has 4 atom stereocenters. The fraction of sp³-hybridized carbons (Fsp3) is 0.594. The van der Waals surface area contributed by atoms with Crippen LogP contribution in [-0.2, 0) is 16.6 Å². The smallest absolute Gasteiger partial charge is 0.220 e. The van der Waals surface area contributed by atoms with Crippen molar-refractivity contribution >= 4 is 5.91 Å². The summed E-state index contributed by atoms with van der Waals surface area (Å²) in [5.74, 6) is 2.13. The van der Waals surface area contributed by atoms with Crippen LogP contribution >= 0.6 is 0 Å². The number of nitrogens with zero attached hydrogens (tertiary/aromatic N) is 1. The summed E-state index contributed by atoms with van der Waals surface area (Å²) in [5, 5.41) is 13.7. The van der Waals surface area contributed by atoms with Crippen molar-refractivity contribution in [2.24, 2.45) is 11.8 Å². The average molecular weight is 490 g/mol. The van der Waals surface area contributed by atoms with Crippen LogP contribution in [0.1, 0.15) is 75.3 Å². The summed E-state index contributed by atoms with van der Waals surface area (Å²) in [4.78, 5) is 12.9. The second-order valence-corrected chi connectivity index (χ2v) is 12.4. The molecule has 0 radical (unpaired) electrons. The van der Waals surface area contributed by atoms with E-state index in [1.54, 1.807) is 6.07 Å². The molecule has 4 heteroatoms. The van der Waals surface area contributed by atoms with E-state index in [2.05, 4.69) is 48.8 Å². The third kappa shape index (κ3) is 6.14. The summed E-state index contributed by atoms with van der Waals surface area (Å²) >= 11 is 0. The van der Waals surface area contributed by atoms with Crippen LogP contribution in [0.3, 0.4) is 0 Å². The minimum atomic E-state index is 0.0614. The lowest BCUT2D eigenvalue weighted by Crippen LogP contribution is -2.62. The van der Waals surface area contributed by atoms with E-state index >= 15 is 0 Å². The van der Waals surface area contributed by atoms with Crippen molar-refractivity contribution in [1.82, 2.24) is 5.32 Å². The number of quaternary nitrogens is 1. The third-order valence-corrected chi connectivity index (χ3v) is 9.41. The molecule has 2 aromatic carbocycles. The number of hydrogen-bond donors (Lipinski definition) is 2. The number of aryl methyl sites for hydroxylation is 1. The molecule has 2 N–H and O–H groups in total. The number of carbonyl (C=O) groups excluding carboxylic acids is 1. The largest absolute Gasteiger partial charge is 0.508 e. The van der Waals surface area contributed by atoms with Crippen LogP contribution < -0.4 is 5.32 Å². The first-order valence-electron chi connectivity index (χ1n) is 14.4. The van der Waals surface area contributed by atoms with Gasteiger partial charge in [-0.15, -0.1) is 0 Å². The zero-order valence-corrected chi connectivity index (χ0v) is 22.1. The average Bonchev–Trinajstić information content (AvgIpc) is 3.68. The number of phenols is 1. The lowest BCUT2D eigenvalue weighted by molar-refractivity contribution is -0.921. The Morgan fingerprint density at radius 2 is 1.86 bits per heavy atom. The van der Waals surface area contributed by atoms with Crippen molar-refractivity contribution < 1.29 is 14.4 Å². The molecule has 2 saturated carbocycles. The molecule has 1 saturated heterocycles. The van der Waals surface area contributed by atoms with Gasteiger partial charge in [0.2, 0.25) is 5.91 Å². The molecule has 2 aromatic rings. The van der Waals surface area contributed by atoms with Gasteiger partial charge in [-0.1, -0.05) is 48.9 Å². The maximum absolute atomic E-state index is 12.9. The number of rotatable bonds is 10. The highest BCUT2D eigenvalue weighted by atomic mass is 16.3. The van der Waals surface area contributed by atoms with Gasteiger partial charge in [0.15, 0.2) is 0 Å². The summed E-state index contributed by atoms with van der Waals surface area (Å²) in [7, 11) is 2.47. The molecule has 5 rings (SSSR count). The number of carbonyl (C=O) groups is 1. The lowest BCUT2D eigenvalue weighted by Gasteiger charge is -2.55. The van der Waals surface area contributed by atoms with Gasteiger partial charge >= 0.3 is 0 Å². The summed E-state index contributed by atoms with van der Waals surface area (Å²) < 4.78 is 1.20. The van der Waals surface area contributed by atoms with E-state index in [-0.39, 0.29) is 17.4 Å². The van der Waals surface area contributed by atoms with Gasteiger partial charge in [-0.2, -0.15) is 0 Å². The highest BCUT2D eigenvalue weighted by Gasteiger charge is 2.53. The predicted octanol–water partition coefficient (Wildman–Crippen LogP) is 5.98. The molecule has 194 valence electrons. The third-order valence-electron chi connectivity index (χ3n) is 9.41. The Morgan fingerprint density at radius 1 is 1.03 bits per heavy atom. The molecule has 36 heavy (non-hydrogen) atoms. The number of aromatic hydroxyl groups is 1. The molecule has 0 spiro atoms. The van der Waals surface area contributed by atoms with Crippen molar-refractivity contribution in [3.05, 3.63) is 65.7 Å². The second kappa shape index (κ2) is 11.0. The van der Waals surface area contributed by atoms with Gasteiger partial charge in [0, 0.05) is 36.1 Å². The van der Waals surface area contributed by atoms with Crippen LogP contribution in [0.25, 0.3) is 0 Å². The molecule has 4 nitrogen and oxygen atoms in total. The van der Waals surface area contributed by atoms with E-state index in [1.165, 1.54) is 48.1 Å². The van der Waals surface area contributed by atoms with Gasteiger partial charge in [0.1, 0.15) is 5.75 Å². The Hall–Kier alpha value is -2.33. The van der Waals surface area contributed by atoms with E-state index in [4.69, 9.17) is 0 Å². The minimum Gasteiger partial charge on any atom is -0.508 e. The molecular weight excluding hydrogens is 444 g/mol. The molecule has 1 heterocycles. The fourth-order valence-electron chi connectivity index (χ4n) is 7.31. The number of unbranched alkanes of at least 4 members (excludes halogenated alkanes) is 2. The molecule has 1 aliphatic heterocycles. The van der Waals surface area contributed by atoms with E-state index in [9.17, 15) is 9.90 Å². The van der Waals surface area contributed by atoms with Crippen molar-refractivity contribution in [2.75, 3.05) is 26.7 Å². The highest BCUT2D eigenvalue weighted by Crippen LogP contribution is 2.51. The van der Waals surface area contributed by atoms with Crippen LogP contribution in [0.15, 0.2) is 54.6 Å². The van der Waals surface area contributed by atoms with Crippen molar-refractivity contribution in [2.45, 2.75) is 82.1 Å². The fourth-order valence-corrected chi connectivity index (χ4v) is 7.31. The van der Waals surface area contributed by atoms with Crippen LogP contribution in [0.4, 0.5) is 0 Å². The number of piperidine rings is 1. The summed E-state index contributed by atoms with van der Waals surface area (Å²) in [5.41, 5.74) is 2.73. The first-order valence-corrected chi connectivity index (χ1v) is 14.4. The topological polar surface area (TPSA) is 49.3 Å². The summed E-state index contributed by atoms with van der Waals surface area (Å²) in [6, 6.07) is 18.9. The molecule has 2 aliphatic carbocycles. The standard InChI is InChI=1S/C32H44N2O2/c1-34(23-26-15-16-26)20-19-32(27-12-8-13-30(35)21-27)22-29(18-17-28(32)24-34)33-31(36)14-7-3-6-11-25-9-4-2-5-10-25/h2,4-5,8-10,12-13,21,26,28-29H,3,6-7,11,14-20,22-24H2,1H3,(H-,33,35,36)/p+1/t28?,29-,32+,34-/m1/s1. The number of benzene rings is 2. The van der Waals surface area contributed by atoms with Crippen molar-refractivity contribution in [3.63, 3.8) is 0 Å². The number of hydrogen-bond acceptors (Lipinski definition) is 2. The summed E-state index contributed by atoms with van der Waals surface area (Å²) in [6.07, 6.45) is 12.1. The van der Waals surface area contributed by atoms with Gasteiger partial charge in [0.05, 0.1) is 26.7 Å². The van der Waals surface area contributed by atoms with E-state index < -0.39 is 0 Å². The number of likely N-dealkylation sites (tertiary alicyclic amines) is 1. The zero-order valence-electron chi connectivity index (χ0n) is 22.1. The predicted molar refractivity (Wildman–Crippen MR) is 146 cm³/mol. The van der Waals surface area contributed by atoms with Gasteiger partial charge in [-0.05, 0) is 74.6 Å². The Balaban J connectivity index is 1.17. The van der Waals surface area contributed by atoms with Crippen LogP contribution in [-0.4, -0.2) is 48.2 Å². The Labute approximate surface area is 217 Å². The molecule has 0 bridgehead atoms. The van der Waals surface area contributed by atoms with Crippen LogP contribution in [0.5, 0.6) is 5.75 Å². The van der Waals surface area contributed by atoms with Crippen molar-refractivity contribution in [1.29, 1.82) is 0 Å². The molecule has 1 amide bonds. The van der Waals surface area contributed by atoms with Gasteiger partial charge < -0.3 is 14.9 Å². The van der Waals surface area contributed by atoms with E-state index in [0.29, 0.717) is 18.1 Å². The monoisotopic (exact) mass is 489 g/mol. The number of amides is 1. The maximum Gasteiger partial charge on any atom is 0.220 e. The molecular formula is C32H45N2O2+. The number of nitrogens with one attached hydrogen (secondary N) is 1. The molecule has 3 fully saturated rings. The first-order chi connectivity index (χ1) is 17.4. The number of phenolic OH excluding ortho intramolecular Hbond substituents is 1. The lowest BCUT2D eigenvalue weighted by atomic mass is 9.57. The SMILES string of the molecule is C[N@+]1(CC2CC2)CC[C@@]2(c3cccc(O)c3)C[C@H](NC(=O)CCCCCc3ccccc3)CCC2C1. The van der Waals surface area contributed by atoms with Gasteiger partial charge in [-0.3, -0.25) is 4.79 Å². The molecule has 1 unspecified atom stereocenters. The molecule has 3 aliphatic rings. The highest BCUT2D eigenvalue weighted by molar-refractivity contribution is 5.76. The number of fused-ring (bicyclic) bond motifs is 1. The van der Waals surface area contributed by atoms with E-state index in [1.807, 2.05) is 12.1 Å². The first kappa shape index (κ1) is 25.3. The quantitative estimate of drug-likeness (QED) is 0.319. The van der Waals surface area contributed by atoms with Crippen molar-refractivity contribution in [3.8, 4) is 5.75 Å². The van der Waals surface area contributed by atoms with Crippen LogP contribution in [0.2, 0.25) is 0 Å².